The zero-order valence-corrected chi connectivity index (χ0v) is 37.6. The SMILES string of the molecule is c1ccc(-c2ccc(-c3nc(-n4c5ccccc5c5c4ccc4c6ccccc6n(-c6ccccc6)c45)nc(-n4c5ccccc5c5ccc6c7ccccc7n(-c7ccccc7)c6c54)n3)cc2)cc1. The Kier molecular flexibility index (Phi) is 8.23. The van der Waals surface area contributed by atoms with Crippen LogP contribution < -0.4 is 0 Å². The van der Waals surface area contributed by atoms with Crippen molar-refractivity contribution in [3.05, 3.63) is 237 Å². The molecule has 70 heavy (non-hydrogen) atoms. The lowest BCUT2D eigenvalue weighted by Crippen LogP contribution is -2.10. The Bertz CT molecular complexity index is 4560. The van der Waals surface area contributed by atoms with Gasteiger partial charge >= 0.3 is 0 Å². The highest BCUT2D eigenvalue weighted by molar-refractivity contribution is 6.26. The second-order valence-electron chi connectivity index (χ2n) is 18.0. The number of aromatic nitrogens is 7. The van der Waals surface area contributed by atoms with E-state index in [1.165, 1.54) is 16.2 Å². The van der Waals surface area contributed by atoms with Crippen LogP contribution in [-0.2, 0) is 0 Å². The number of rotatable bonds is 6. The third-order valence-corrected chi connectivity index (χ3v) is 14.2. The maximum atomic E-state index is 5.66. The second kappa shape index (κ2) is 15.0. The van der Waals surface area contributed by atoms with Gasteiger partial charge in [0.15, 0.2) is 5.82 Å². The highest BCUT2D eigenvalue weighted by Gasteiger charge is 2.26. The van der Waals surface area contributed by atoms with E-state index >= 15 is 0 Å². The molecule has 326 valence electrons. The first-order chi connectivity index (χ1) is 34.8. The normalized spacial score (nSPS) is 12.0. The van der Waals surface area contributed by atoms with Crippen LogP contribution in [0.15, 0.2) is 237 Å². The Morgan fingerprint density at radius 1 is 0.229 bits per heavy atom. The predicted molar refractivity (Wildman–Crippen MR) is 288 cm³/mol. The summed E-state index contributed by atoms with van der Waals surface area (Å²) in [5.74, 6) is 1.63. The molecule has 0 saturated heterocycles. The Labute approximate surface area is 401 Å². The van der Waals surface area contributed by atoms with Crippen LogP contribution in [0.2, 0.25) is 0 Å². The molecular formula is C63H39N7. The van der Waals surface area contributed by atoms with Crippen LogP contribution in [0.25, 0.3) is 133 Å². The zero-order chi connectivity index (χ0) is 45.9. The molecule has 0 atom stereocenters. The van der Waals surface area contributed by atoms with E-state index in [0.29, 0.717) is 17.7 Å². The van der Waals surface area contributed by atoms with Crippen molar-refractivity contribution in [1.29, 1.82) is 0 Å². The molecule has 15 rings (SSSR count). The van der Waals surface area contributed by atoms with Gasteiger partial charge in [0.05, 0.1) is 44.1 Å². The van der Waals surface area contributed by atoms with Crippen LogP contribution in [-0.4, -0.2) is 33.2 Å². The zero-order valence-electron chi connectivity index (χ0n) is 37.6. The fourth-order valence-electron chi connectivity index (χ4n) is 11.2. The second-order valence-corrected chi connectivity index (χ2v) is 18.0. The van der Waals surface area contributed by atoms with Gasteiger partial charge in [-0.05, 0) is 65.7 Å². The van der Waals surface area contributed by atoms with Gasteiger partial charge in [0, 0.05) is 60.0 Å². The van der Waals surface area contributed by atoms with E-state index in [1.807, 2.05) is 0 Å². The number of fused-ring (bicyclic) bond motifs is 14. The first kappa shape index (κ1) is 38.5. The quantitative estimate of drug-likeness (QED) is 0.167. The van der Waals surface area contributed by atoms with Gasteiger partial charge in [0.2, 0.25) is 11.9 Å². The third kappa shape index (κ3) is 5.54. The first-order valence-electron chi connectivity index (χ1n) is 23.7. The summed E-state index contributed by atoms with van der Waals surface area (Å²) in [7, 11) is 0. The molecule has 0 aliphatic carbocycles. The molecule has 0 spiro atoms. The van der Waals surface area contributed by atoms with Crippen molar-refractivity contribution in [3.63, 3.8) is 0 Å². The van der Waals surface area contributed by atoms with Crippen molar-refractivity contribution in [3.8, 4) is 45.8 Å². The van der Waals surface area contributed by atoms with Gasteiger partial charge in [0.1, 0.15) is 0 Å². The van der Waals surface area contributed by atoms with Crippen LogP contribution in [0.4, 0.5) is 0 Å². The molecule has 0 fully saturated rings. The first-order valence-corrected chi connectivity index (χ1v) is 23.7. The summed E-state index contributed by atoms with van der Waals surface area (Å²) in [5, 5.41) is 9.21. The van der Waals surface area contributed by atoms with Crippen LogP contribution >= 0.6 is 0 Å². The monoisotopic (exact) mass is 893 g/mol. The number of hydrogen-bond acceptors (Lipinski definition) is 3. The molecule has 0 aliphatic heterocycles. The lowest BCUT2D eigenvalue weighted by Gasteiger charge is -2.14. The molecule has 0 unspecified atom stereocenters. The molecule has 10 aromatic carbocycles. The smallest absolute Gasteiger partial charge is 0.240 e. The molecule has 5 aromatic heterocycles. The standard InChI is InChI=1S/C63H39N7/c1-4-18-40(19-5-1)41-32-34-42(35-33-41)61-64-62(69-55-31-17-13-27-51(55)57-56(69)39-38-48-45-24-10-14-28-52(45)67(58(48)57)43-20-6-2-7-21-43)66-63(65-61)70-54-30-16-12-26-47(54)50-37-36-49-46-25-11-15-29-53(46)68(59(49)60(50)70)44-22-8-3-9-23-44/h1-39H. The van der Waals surface area contributed by atoms with Crippen LogP contribution in [0, 0.1) is 0 Å². The minimum absolute atomic E-state index is 0.529. The van der Waals surface area contributed by atoms with E-state index in [2.05, 4.69) is 255 Å². The van der Waals surface area contributed by atoms with E-state index in [4.69, 9.17) is 15.0 Å². The fraction of sp³-hybridized carbons (Fsp3) is 0. The molecule has 15 aromatic rings. The average Bonchev–Trinajstić information content (AvgIpc) is 4.17. The third-order valence-electron chi connectivity index (χ3n) is 14.2. The number of hydrogen-bond donors (Lipinski definition) is 0. The van der Waals surface area contributed by atoms with Crippen molar-refractivity contribution in [2.75, 3.05) is 0 Å². The van der Waals surface area contributed by atoms with Gasteiger partial charge in [-0.15, -0.1) is 0 Å². The van der Waals surface area contributed by atoms with Crippen LogP contribution in [0.5, 0.6) is 0 Å². The molecule has 7 nitrogen and oxygen atoms in total. The maximum Gasteiger partial charge on any atom is 0.240 e. The Balaban J connectivity index is 1.08. The summed E-state index contributed by atoms with van der Waals surface area (Å²) in [6.45, 7) is 0. The number of nitrogens with zero attached hydrogens (tertiary/aromatic N) is 7. The van der Waals surface area contributed by atoms with E-state index in [1.54, 1.807) is 0 Å². The van der Waals surface area contributed by atoms with E-state index in [-0.39, 0.29) is 0 Å². The highest BCUT2D eigenvalue weighted by atomic mass is 15.3. The molecule has 0 radical (unpaired) electrons. The molecule has 0 amide bonds. The Hall–Kier alpha value is -9.59. The lowest BCUT2D eigenvalue weighted by atomic mass is 10.0. The van der Waals surface area contributed by atoms with Crippen molar-refractivity contribution >= 4 is 87.2 Å². The van der Waals surface area contributed by atoms with E-state index < -0.39 is 0 Å². The summed E-state index contributed by atoms with van der Waals surface area (Å²) in [6.07, 6.45) is 0. The summed E-state index contributed by atoms with van der Waals surface area (Å²) < 4.78 is 9.33. The highest BCUT2D eigenvalue weighted by Crippen LogP contribution is 2.44. The fourth-order valence-corrected chi connectivity index (χ4v) is 11.2. The largest absolute Gasteiger partial charge is 0.309 e. The Morgan fingerprint density at radius 3 is 1.19 bits per heavy atom. The van der Waals surface area contributed by atoms with E-state index in [9.17, 15) is 0 Å². The van der Waals surface area contributed by atoms with Gasteiger partial charge in [-0.3, -0.25) is 9.13 Å². The van der Waals surface area contributed by atoms with Crippen molar-refractivity contribution in [1.82, 2.24) is 33.2 Å². The summed E-state index contributed by atoms with van der Waals surface area (Å²) in [4.78, 5) is 16.7. The number of benzene rings is 10. The van der Waals surface area contributed by atoms with Gasteiger partial charge in [-0.25, -0.2) is 0 Å². The number of para-hydroxylation sites is 6. The summed E-state index contributed by atoms with van der Waals surface area (Å²) in [5.41, 5.74) is 13.9. The molecule has 0 N–H and O–H groups in total. The summed E-state index contributed by atoms with van der Waals surface area (Å²) in [6, 6.07) is 84.2. The predicted octanol–water partition coefficient (Wildman–Crippen LogP) is 15.6. The van der Waals surface area contributed by atoms with Gasteiger partial charge in [-0.2, -0.15) is 15.0 Å². The van der Waals surface area contributed by atoms with Crippen LogP contribution in [0.3, 0.4) is 0 Å². The molecule has 7 heteroatoms. The Morgan fingerprint density at radius 2 is 0.614 bits per heavy atom. The molecule has 5 heterocycles. The summed E-state index contributed by atoms with van der Waals surface area (Å²) >= 11 is 0. The van der Waals surface area contributed by atoms with Crippen LogP contribution in [0.1, 0.15) is 0 Å². The maximum absolute atomic E-state index is 5.66. The molecule has 0 aliphatic rings. The van der Waals surface area contributed by atoms with Gasteiger partial charge in [0.25, 0.3) is 0 Å². The molecule has 0 saturated carbocycles. The average molecular weight is 894 g/mol. The topological polar surface area (TPSA) is 58.4 Å². The van der Waals surface area contributed by atoms with Crippen molar-refractivity contribution < 1.29 is 0 Å². The molecule has 0 bridgehead atoms. The lowest BCUT2D eigenvalue weighted by molar-refractivity contribution is 0.893. The van der Waals surface area contributed by atoms with Crippen molar-refractivity contribution in [2.24, 2.45) is 0 Å². The van der Waals surface area contributed by atoms with Crippen molar-refractivity contribution in [2.45, 2.75) is 0 Å². The van der Waals surface area contributed by atoms with E-state index in [0.717, 1.165) is 99.1 Å². The minimum Gasteiger partial charge on any atom is -0.309 e. The van der Waals surface area contributed by atoms with Gasteiger partial charge in [-0.1, -0.05) is 182 Å². The minimum atomic E-state index is 0.529. The van der Waals surface area contributed by atoms with Gasteiger partial charge < -0.3 is 9.13 Å². The molecular weight excluding hydrogens is 855 g/mol.